The lowest BCUT2D eigenvalue weighted by atomic mass is 10.1. The molecule has 1 aromatic heterocycles. The molecule has 0 fully saturated rings. The largest absolute Gasteiger partial charge is 0.416 e. The number of aromatic nitrogens is 2. The monoisotopic (exact) mass is 386 g/mol. The number of anilines is 2. The fraction of sp³-hybridized carbons (Fsp3) is 0.150. The molecule has 2 N–H and O–H groups in total. The van der Waals surface area contributed by atoms with Gasteiger partial charge in [-0.15, -0.1) is 0 Å². The smallest absolute Gasteiger partial charge is 0.348 e. The topological polar surface area (TPSA) is 66.9 Å². The van der Waals surface area contributed by atoms with Crippen LogP contribution in [0.2, 0.25) is 0 Å². The molecule has 0 aliphatic rings. The highest BCUT2D eigenvalue weighted by Gasteiger charge is 2.29. The maximum absolute atomic E-state index is 12.6. The highest BCUT2D eigenvalue weighted by molar-refractivity contribution is 5.93. The molecular weight excluding hydrogens is 369 g/mol. The number of nitrogens with zero attached hydrogens (tertiary/aromatic N) is 2. The van der Waals surface area contributed by atoms with E-state index in [1.165, 1.54) is 24.5 Å². The van der Waals surface area contributed by atoms with Crippen LogP contribution in [0.15, 0.2) is 60.9 Å². The number of halogens is 3. The number of alkyl halides is 3. The predicted molar refractivity (Wildman–Crippen MR) is 99.1 cm³/mol. The van der Waals surface area contributed by atoms with Gasteiger partial charge < -0.3 is 10.6 Å². The van der Waals surface area contributed by atoms with Gasteiger partial charge in [-0.05, 0) is 36.8 Å². The van der Waals surface area contributed by atoms with Crippen LogP contribution in [0.1, 0.15) is 27.0 Å². The maximum atomic E-state index is 12.6. The average Bonchev–Trinajstić information content (AvgIpc) is 2.67. The first-order valence-corrected chi connectivity index (χ1v) is 8.41. The molecule has 0 radical (unpaired) electrons. The van der Waals surface area contributed by atoms with Crippen molar-refractivity contribution in [1.82, 2.24) is 15.3 Å². The van der Waals surface area contributed by atoms with Crippen molar-refractivity contribution >= 4 is 17.5 Å². The summed E-state index contributed by atoms with van der Waals surface area (Å²) in [6.07, 6.45) is -1.68. The molecule has 0 unspecified atom stereocenters. The van der Waals surface area contributed by atoms with Gasteiger partial charge in [-0.3, -0.25) is 4.79 Å². The molecule has 0 saturated carbocycles. The molecular formula is C20H17F3N4O. The summed E-state index contributed by atoms with van der Waals surface area (Å²) in [6, 6.07) is 12.3. The number of hydrogen-bond donors (Lipinski definition) is 2. The third-order valence-electron chi connectivity index (χ3n) is 3.96. The van der Waals surface area contributed by atoms with Gasteiger partial charge >= 0.3 is 6.18 Å². The summed E-state index contributed by atoms with van der Waals surface area (Å²) in [5, 5.41) is 5.57. The SMILES string of the molecule is Cc1ccc(CNC(=O)c2cnc(Nc3ccc(C(F)(F)F)cc3)nc2)cc1. The lowest BCUT2D eigenvalue weighted by Crippen LogP contribution is -2.23. The molecule has 3 rings (SSSR count). The van der Waals surface area contributed by atoms with Crippen LogP contribution in [0.5, 0.6) is 0 Å². The zero-order valence-electron chi connectivity index (χ0n) is 14.9. The van der Waals surface area contributed by atoms with E-state index in [2.05, 4.69) is 20.6 Å². The standard InChI is InChI=1S/C20H17F3N4O/c1-13-2-4-14(5-3-13)10-24-18(28)15-11-25-19(26-12-15)27-17-8-6-16(7-9-17)20(21,22)23/h2-9,11-12H,10H2,1H3,(H,24,28)(H,25,26,27). The van der Waals surface area contributed by atoms with Crippen LogP contribution >= 0.6 is 0 Å². The van der Waals surface area contributed by atoms with Crippen LogP contribution in [0.3, 0.4) is 0 Å². The molecule has 3 aromatic rings. The summed E-state index contributed by atoms with van der Waals surface area (Å²) in [4.78, 5) is 20.2. The van der Waals surface area contributed by atoms with Gasteiger partial charge in [-0.1, -0.05) is 29.8 Å². The number of hydrogen-bond acceptors (Lipinski definition) is 4. The van der Waals surface area contributed by atoms with E-state index in [1.807, 2.05) is 31.2 Å². The van der Waals surface area contributed by atoms with Crippen LogP contribution < -0.4 is 10.6 Å². The molecule has 1 heterocycles. The first-order valence-electron chi connectivity index (χ1n) is 8.41. The van der Waals surface area contributed by atoms with Gasteiger partial charge in [-0.25, -0.2) is 9.97 Å². The van der Waals surface area contributed by atoms with E-state index >= 15 is 0 Å². The fourth-order valence-electron chi connectivity index (χ4n) is 2.37. The summed E-state index contributed by atoms with van der Waals surface area (Å²) in [6.45, 7) is 2.37. The van der Waals surface area contributed by atoms with Crippen molar-refractivity contribution in [2.24, 2.45) is 0 Å². The highest BCUT2D eigenvalue weighted by Crippen LogP contribution is 2.30. The van der Waals surface area contributed by atoms with Crippen molar-refractivity contribution < 1.29 is 18.0 Å². The molecule has 2 aromatic carbocycles. The van der Waals surface area contributed by atoms with Gasteiger partial charge in [-0.2, -0.15) is 13.2 Å². The molecule has 0 atom stereocenters. The quantitative estimate of drug-likeness (QED) is 0.679. The lowest BCUT2D eigenvalue weighted by Gasteiger charge is -2.09. The molecule has 5 nitrogen and oxygen atoms in total. The molecule has 144 valence electrons. The number of carbonyl (C=O) groups excluding carboxylic acids is 1. The lowest BCUT2D eigenvalue weighted by molar-refractivity contribution is -0.137. The van der Waals surface area contributed by atoms with Crippen LogP contribution in [0, 0.1) is 6.92 Å². The number of nitrogens with one attached hydrogen (secondary N) is 2. The second kappa shape index (κ2) is 8.08. The number of carbonyl (C=O) groups is 1. The summed E-state index contributed by atoms with van der Waals surface area (Å²) in [5.74, 6) is -0.142. The van der Waals surface area contributed by atoms with Crippen molar-refractivity contribution in [2.45, 2.75) is 19.6 Å². The van der Waals surface area contributed by atoms with Crippen molar-refractivity contribution in [3.8, 4) is 0 Å². The Morgan fingerprint density at radius 2 is 1.57 bits per heavy atom. The second-order valence-electron chi connectivity index (χ2n) is 6.16. The molecule has 1 amide bonds. The third-order valence-corrected chi connectivity index (χ3v) is 3.96. The van der Waals surface area contributed by atoms with Gasteiger partial charge in [0.1, 0.15) is 0 Å². The van der Waals surface area contributed by atoms with E-state index in [0.717, 1.165) is 23.3 Å². The van der Waals surface area contributed by atoms with Gasteiger partial charge in [0.2, 0.25) is 5.95 Å². The summed E-state index contributed by atoms with van der Waals surface area (Å²) < 4.78 is 37.7. The van der Waals surface area contributed by atoms with E-state index in [-0.39, 0.29) is 17.4 Å². The Kier molecular flexibility index (Phi) is 5.58. The average molecular weight is 386 g/mol. The van der Waals surface area contributed by atoms with Gasteiger partial charge in [0.05, 0.1) is 11.1 Å². The minimum Gasteiger partial charge on any atom is -0.348 e. The minimum absolute atomic E-state index is 0.176. The minimum atomic E-state index is -4.39. The molecule has 28 heavy (non-hydrogen) atoms. The van der Waals surface area contributed by atoms with Gasteiger partial charge in [0, 0.05) is 24.6 Å². The molecule has 0 bridgehead atoms. The van der Waals surface area contributed by atoms with E-state index in [9.17, 15) is 18.0 Å². The normalized spacial score (nSPS) is 11.1. The van der Waals surface area contributed by atoms with Crippen LogP contribution in [-0.2, 0) is 12.7 Å². The Bertz CT molecular complexity index is 937. The Morgan fingerprint density at radius 3 is 2.14 bits per heavy atom. The highest BCUT2D eigenvalue weighted by atomic mass is 19.4. The maximum Gasteiger partial charge on any atom is 0.416 e. The number of benzene rings is 2. The first-order chi connectivity index (χ1) is 13.3. The number of aryl methyl sites for hydroxylation is 1. The Hall–Kier alpha value is -3.42. The fourth-order valence-corrected chi connectivity index (χ4v) is 2.37. The third kappa shape index (κ3) is 5.06. The van der Waals surface area contributed by atoms with E-state index in [1.54, 1.807) is 0 Å². The summed E-state index contributed by atoms with van der Waals surface area (Å²) in [7, 11) is 0. The van der Waals surface area contributed by atoms with Gasteiger partial charge in [0.15, 0.2) is 0 Å². The molecule has 0 saturated heterocycles. The van der Waals surface area contributed by atoms with Crippen LogP contribution in [-0.4, -0.2) is 15.9 Å². The van der Waals surface area contributed by atoms with Crippen molar-refractivity contribution in [3.05, 3.63) is 83.2 Å². The molecule has 0 aliphatic carbocycles. The summed E-state index contributed by atoms with van der Waals surface area (Å²) in [5.41, 5.74) is 2.06. The molecule has 0 aliphatic heterocycles. The van der Waals surface area contributed by atoms with E-state index in [0.29, 0.717) is 12.2 Å². The first kappa shape index (κ1) is 19.3. The Labute approximate surface area is 159 Å². The van der Waals surface area contributed by atoms with Crippen molar-refractivity contribution in [3.63, 3.8) is 0 Å². The second-order valence-corrected chi connectivity index (χ2v) is 6.16. The zero-order valence-corrected chi connectivity index (χ0v) is 14.9. The van der Waals surface area contributed by atoms with E-state index < -0.39 is 11.7 Å². The van der Waals surface area contributed by atoms with Crippen molar-refractivity contribution in [1.29, 1.82) is 0 Å². The van der Waals surface area contributed by atoms with E-state index in [4.69, 9.17) is 0 Å². The zero-order chi connectivity index (χ0) is 20.1. The molecule has 8 heteroatoms. The summed E-state index contributed by atoms with van der Waals surface area (Å²) >= 11 is 0. The number of amides is 1. The number of rotatable bonds is 5. The Balaban J connectivity index is 1.58. The van der Waals surface area contributed by atoms with Gasteiger partial charge in [0.25, 0.3) is 5.91 Å². The van der Waals surface area contributed by atoms with Crippen LogP contribution in [0.25, 0.3) is 0 Å². The van der Waals surface area contributed by atoms with Crippen molar-refractivity contribution in [2.75, 3.05) is 5.32 Å². The molecule has 0 spiro atoms. The Morgan fingerprint density at radius 1 is 0.964 bits per heavy atom. The van der Waals surface area contributed by atoms with Crippen LogP contribution in [0.4, 0.5) is 24.8 Å². The predicted octanol–water partition coefficient (Wildman–Crippen LogP) is 4.48.